The molecule has 1 aromatic rings. The third-order valence-corrected chi connectivity index (χ3v) is 3.31. The molecule has 0 spiro atoms. The zero-order valence-electron chi connectivity index (χ0n) is 10.4. The van der Waals surface area contributed by atoms with Crippen LogP contribution in [-0.2, 0) is 16.6 Å². The van der Waals surface area contributed by atoms with Crippen molar-refractivity contribution in [3.05, 3.63) is 12.4 Å². The van der Waals surface area contributed by atoms with Crippen LogP contribution in [0.25, 0.3) is 0 Å². The average Bonchev–Trinajstić information content (AvgIpc) is 2.76. The predicted octanol–water partition coefficient (Wildman–Crippen LogP) is 1.34. The minimum Gasteiger partial charge on any atom is -0.469 e. The lowest BCUT2D eigenvalue weighted by Crippen LogP contribution is -2.42. The van der Waals surface area contributed by atoms with Crippen molar-refractivity contribution >= 4 is 11.9 Å². The van der Waals surface area contributed by atoms with Gasteiger partial charge in [0.2, 0.25) is 5.95 Å². The largest absolute Gasteiger partial charge is 0.469 e. The Bertz CT molecular complexity index is 389. The lowest BCUT2D eigenvalue weighted by molar-refractivity contribution is -0.141. The summed E-state index contributed by atoms with van der Waals surface area (Å²) in [6.07, 6.45) is 7.52. The van der Waals surface area contributed by atoms with Crippen LogP contribution in [0.3, 0.4) is 0 Å². The number of carbonyl (C=O) groups is 1. The number of aryl methyl sites for hydroxylation is 1. The van der Waals surface area contributed by atoms with Crippen LogP contribution in [0, 0.1) is 0 Å². The number of piperidine rings is 1. The van der Waals surface area contributed by atoms with Gasteiger partial charge in [-0.2, -0.15) is 0 Å². The molecule has 1 fully saturated rings. The van der Waals surface area contributed by atoms with Crippen LogP contribution in [-0.4, -0.2) is 35.2 Å². The third-order valence-electron chi connectivity index (χ3n) is 3.31. The SMILES string of the molecule is COC(=O)CC1CCCCN1c1nccn1C. The fourth-order valence-corrected chi connectivity index (χ4v) is 2.39. The zero-order valence-corrected chi connectivity index (χ0v) is 10.4. The Labute approximate surface area is 101 Å². The summed E-state index contributed by atoms with van der Waals surface area (Å²) in [5.41, 5.74) is 0. The van der Waals surface area contributed by atoms with Gasteiger partial charge >= 0.3 is 5.97 Å². The smallest absolute Gasteiger partial charge is 0.307 e. The van der Waals surface area contributed by atoms with E-state index < -0.39 is 0 Å². The number of anilines is 1. The van der Waals surface area contributed by atoms with Gasteiger partial charge in [-0.25, -0.2) is 4.98 Å². The van der Waals surface area contributed by atoms with E-state index in [1.807, 2.05) is 17.8 Å². The second kappa shape index (κ2) is 5.21. The second-order valence-electron chi connectivity index (χ2n) is 4.46. The van der Waals surface area contributed by atoms with Gasteiger partial charge in [-0.15, -0.1) is 0 Å². The van der Waals surface area contributed by atoms with Crippen molar-refractivity contribution in [2.75, 3.05) is 18.6 Å². The molecular weight excluding hydrogens is 218 g/mol. The number of methoxy groups -OCH3 is 1. The predicted molar refractivity (Wildman–Crippen MR) is 64.8 cm³/mol. The maximum absolute atomic E-state index is 11.4. The summed E-state index contributed by atoms with van der Waals surface area (Å²) >= 11 is 0. The summed E-state index contributed by atoms with van der Waals surface area (Å²) in [5.74, 6) is 0.801. The van der Waals surface area contributed by atoms with E-state index in [2.05, 4.69) is 9.88 Å². The molecule has 0 radical (unpaired) electrons. The minimum absolute atomic E-state index is 0.142. The molecule has 1 atom stereocenters. The Morgan fingerprint density at radius 1 is 1.59 bits per heavy atom. The van der Waals surface area contributed by atoms with Crippen molar-refractivity contribution < 1.29 is 9.53 Å². The van der Waals surface area contributed by atoms with E-state index in [1.54, 1.807) is 6.20 Å². The van der Waals surface area contributed by atoms with Crippen molar-refractivity contribution in [2.45, 2.75) is 31.7 Å². The number of hydrogen-bond donors (Lipinski definition) is 0. The lowest BCUT2D eigenvalue weighted by atomic mass is 10.00. The highest BCUT2D eigenvalue weighted by Crippen LogP contribution is 2.25. The highest BCUT2D eigenvalue weighted by Gasteiger charge is 2.27. The molecule has 5 heteroatoms. The maximum Gasteiger partial charge on any atom is 0.307 e. The van der Waals surface area contributed by atoms with Gasteiger partial charge < -0.3 is 14.2 Å². The molecule has 1 aromatic heterocycles. The molecule has 0 saturated carbocycles. The topological polar surface area (TPSA) is 47.4 Å². The summed E-state index contributed by atoms with van der Waals surface area (Å²) in [6, 6.07) is 0.220. The van der Waals surface area contributed by atoms with Crippen LogP contribution in [0.1, 0.15) is 25.7 Å². The van der Waals surface area contributed by atoms with Crippen LogP contribution < -0.4 is 4.90 Å². The molecule has 0 bridgehead atoms. The Morgan fingerprint density at radius 2 is 2.41 bits per heavy atom. The van der Waals surface area contributed by atoms with E-state index >= 15 is 0 Å². The fraction of sp³-hybridized carbons (Fsp3) is 0.667. The summed E-state index contributed by atoms with van der Waals surface area (Å²) in [4.78, 5) is 18.0. The van der Waals surface area contributed by atoms with Gasteiger partial charge in [0.25, 0.3) is 0 Å². The molecule has 0 N–H and O–H groups in total. The van der Waals surface area contributed by atoms with Crippen molar-refractivity contribution in [1.82, 2.24) is 9.55 Å². The van der Waals surface area contributed by atoms with Crippen molar-refractivity contribution in [3.63, 3.8) is 0 Å². The molecule has 1 aliphatic heterocycles. The fourth-order valence-electron chi connectivity index (χ4n) is 2.39. The van der Waals surface area contributed by atoms with Gasteiger partial charge in [0, 0.05) is 32.0 Å². The Morgan fingerprint density at radius 3 is 3.06 bits per heavy atom. The molecule has 94 valence electrons. The highest BCUT2D eigenvalue weighted by molar-refractivity contribution is 5.70. The number of esters is 1. The maximum atomic E-state index is 11.4. The van der Waals surface area contributed by atoms with E-state index in [-0.39, 0.29) is 12.0 Å². The zero-order chi connectivity index (χ0) is 12.3. The van der Waals surface area contributed by atoms with Gasteiger partial charge in [-0.3, -0.25) is 4.79 Å². The number of rotatable bonds is 3. The first kappa shape index (κ1) is 12.0. The molecule has 1 unspecified atom stereocenters. The van der Waals surface area contributed by atoms with E-state index in [1.165, 1.54) is 13.5 Å². The van der Waals surface area contributed by atoms with E-state index in [9.17, 15) is 4.79 Å². The van der Waals surface area contributed by atoms with Gasteiger partial charge in [-0.1, -0.05) is 0 Å². The lowest BCUT2D eigenvalue weighted by Gasteiger charge is -2.35. The monoisotopic (exact) mass is 237 g/mol. The first-order valence-electron chi connectivity index (χ1n) is 6.03. The summed E-state index contributed by atoms with van der Waals surface area (Å²) < 4.78 is 6.75. The van der Waals surface area contributed by atoms with E-state index in [0.29, 0.717) is 6.42 Å². The average molecular weight is 237 g/mol. The summed E-state index contributed by atoms with van der Waals surface area (Å²) in [6.45, 7) is 0.965. The Balaban J connectivity index is 2.12. The molecule has 17 heavy (non-hydrogen) atoms. The number of hydrogen-bond acceptors (Lipinski definition) is 4. The number of carbonyl (C=O) groups excluding carboxylic acids is 1. The third kappa shape index (κ3) is 2.60. The second-order valence-corrected chi connectivity index (χ2v) is 4.46. The van der Waals surface area contributed by atoms with Crippen LogP contribution in [0.15, 0.2) is 12.4 Å². The highest BCUT2D eigenvalue weighted by atomic mass is 16.5. The molecule has 0 aliphatic carbocycles. The molecule has 0 aromatic carbocycles. The van der Waals surface area contributed by atoms with Gasteiger partial charge in [0.15, 0.2) is 0 Å². The quantitative estimate of drug-likeness (QED) is 0.744. The number of ether oxygens (including phenoxy) is 1. The molecular formula is C12H19N3O2. The molecule has 5 nitrogen and oxygen atoms in total. The minimum atomic E-state index is -0.142. The van der Waals surface area contributed by atoms with Crippen LogP contribution in [0.5, 0.6) is 0 Å². The molecule has 2 heterocycles. The molecule has 1 aliphatic rings. The van der Waals surface area contributed by atoms with Crippen LogP contribution >= 0.6 is 0 Å². The summed E-state index contributed by atoms with van der Waals surface area (Å²) in [7, 11) is 3.42. The van der Waals surface area contributed by atoms with Gasteiger partial charge in [-0.05, 0) is 19.3 Å². The van der Waals surface area contributed by atoms with Crippen molar-refractivity contribution in [2.24, 2.45) is 7.05 Å². The van der Waals surface area contributed by atoms with Crippen molar-refractivity contribution in [3.8, 4) is 0 Å². The molecule has 0 amide bonds. The number of imidazole rings is 1. The first-order chi connectivity index (χ1) is 8.22. The van der Waals surface area contributed by atoms with Gasteiger partial charge in [0.05, 0.1) is 13.5 Å². The van der Waals surface area contributed by atoms with E-state index in [0.717, 1.165) is 25.3 Å². The molecule has 2 rings (SSSR count). The van der Waals surface area contributed by atoms with Crippen LogP contribution in [0.2, 0.25) is 0 Å². The molecule has 1 saturated heterocycles. The normalized spacial score (nSPS) is 20.4. The van der Waals surface area contributed by atoms with Crippen molar-refractivity contribution in [1.29, 1.82) is 0 Å². The Kier molecular flexibility index (Phi) is 3.66. The van der Waals surface area contributed by atoms with Gasteiger partial charge in [0.1, 0.15) is 0 Å². The first-order valence-corrected chi connectivity index (χ1v) is 6.03. The Hall–Kier alpha value is -1.52. The van der Waals surface area contributed by atoms with Crippen LogP contribution in [0.4, 0.5) is 5.95 Å². The standard InChI is InChI=1S/C12H19N3O2/c1-14-8-6-13-12(14)15-7-4-3-5-10(15)9-11(16)17-2/h6,8,10H,3-5,7,9H2,1-2H3. The number of nitrogens with zero attached hydrogens (tertiary/aromatic N) is 3. The number of aromatic nitrogens is 2. The summed E-state index contributed by atoms with van der Waals surface area (Å²) in [5, 5.41) is 0. The van der Waals surface area contributed by atoms with E-state index in [4.69, 9.17) is 4.74 Å².